The number of likely N-dealkylation sites (tertiary alicyclic amines) is 1. The van der Waals surface area contributed by atoms with Gasteiger partial charge in [0.25, 0.3) is 0 Å². The Labute approximate surface area is 354 Å². The molecule has 13 nitrogen and oxygen atoms in total. The van der Waals surface area contributed by atoms with Gasteiger partial charge in [0.1, 0.15) is 29.9 Å². The number of carbonyl (C=O) groups is 1. The number of benzene rings is 3. The predicted molar refractivity (Wildman–Crippen MR) is 228 cm³/mol. The van der Waals surface area contributed by atoms with Crippen molar-refractivity contribution in [2.24, 2.45) is 0 Å². The molecule has 1 saturated carbocycles. The molecule has 10 rings (SSSR count). The molecule has 1 amide bonds. The van der Waals surface area contributed by atoms with Gasteiger partial charge in [0, 0.05) is 60.5 Å². The van der Waals surface area contributed by atoms with Gasteiger partial charge >= 0.3 is 12.1 Å². The molecular weight excluding hydrogens is 780 g/mol. The van der Waals surface area contributed by atoms with E-state index in [1.807, 2.05) is 29.9 Å². The number of aliphatic hydroxyl groups excluding tert-OH is 1. The molecular formula is C47H55FN6O7. The van der Waals surface area contributed by atoms with Crippen molar-refractivity contribution in [3.05, 3.63) is 70.2 Å². The van der Waals surface area contributed by atoms with Crippen LogP contribution in [0.15, 0.2) is 36.5 Å². The lowest BCUT2D eigenvalue weighted by molar-refractivity contribution is -0.0366. The van der Waals surface area contributed by atoms with Crippen LogP contribution in [0, 0.1) is 12.7 Å². The SMILES string of the molecule is Cc1c(F)cc2c(cnn2C2CCCCO2)c1-c1c(C2CC2)cc2c(N3C[C@@H]4C[C@H]3CN4C(=O)O)nc(OC3CCOCC3)nc2c1OCc1ccc(C(C)(C)C)cc1CO. The number of piperazine rings is 1. The third-order valence-corrected chi connectivity index (χ3v) is 13.5. The summed E-state index contributed by atoms with van der Waals surface area (Å²) in [4.78, 5) is 26.3. The first kappa shape index (κ1) is 40.0. The summed E-state index contributed by atoms with van der Waals surface area (Å²) in [5.74, 6) is 0.990. The molecule has 61 heavy (non-hydrogen) atoms. The number of hydrogen-bond donors (Lipinski definition) is 2. The first-order valence-electron chi connectivity index (χ1n) is 22.0. The molecule has 0 spiro atoms. The van der Waals surface area contributed by atoms with Gasteiger partial charge in [-0.15, -0.1) is 0 Å². The summed E-state index contributed by atoms with van der Waals surface area (Å²) in [6, 6.07) is 9.87. The number of amides is 1. The second-order valence-electron chi connectivity index (χ2n) is 18.6. The van der Waals surface area contributed by atoms with E-state index in [0.29, 0.717) is 85.9 Å². The van der Waals surface area contributed by atoms with Crippen LogP contribution in [-0.2, 0) is 28.1 Å². The van der Waals surface area contributed by atoms with E-state index in [4.69, 9.17) is 34.0 Å². The zero-order valence-electron chi connectivity index (χ0n) is 35.5. The molecule has 4 saturated heterocycles. The van der Waals surface area contributed by atoms with Gasteiger partial charge in [0.15, 0.2) is 12.0 Å². The number of anilines is 1. The average molecular weight is 835 g/mol. The number of ether oxygens (including phenoxy) is 4. The minimum atomic E-state index is -0.910. The van der Waals surface area contributed by atoms with Crippen LogP contribution in [0.3, 0.4) is 0 Å². The summed E-state index contributed by atoms with van der Waals surface area (Å²) >= 11 is 0. The quantitative estimate of drug-likeness (QED) is 0.140. The van der Waals surface area contributed by atoms with Gasteiger partial charge in [0.05, 0.1) is 43.6 Å². The van der Waals surface area contributed by atoms with Crippen molar-refractivity contribution in [3.63, 3.8) is 0 Å². The van der Waals surface area contributed by atoms with E-state index in [0.717, 1.165) is 70.7 Å². The zero-order chi connectivity index (χ0) is 42.2. The predicted octanol–water partition coefficient (Wildman–Crippen LogP) is 8.54. The Balaban J connectivity index is 1.21. The standard InChI is InChI=1S/C47H55FN6O7/c1-26-37(48)20-38-36(21-49-54(38)39-7-5-6-14-59-39)40(26)41-34(27-8-9-27)19-35-42(43(41)60-25-28-10-11-30(47(2,3)4)17-29(28)24-55)50-45(61-33-12-15-58-16-13-33)51-44(35)52-22-32-18-31(52)23-53(32)46(56)57/h10-11,17,19-21,27,31-33,39,55H,5-9,12-16,18,22-25H2,1-4H3,(H,56,57)/t31-,32-,39?/m0/s1. The highest BCUT2D eigenvalue weighted by molar-refractivity contribution is 6.06. The van der Waals surface area contributed by atoms with E-state index in [1.54, 1.807) is 6.07 Å². The van der Waals surface area contributed by atoms with Crippen LogP contribution in [-0.4, -0.2) is 92.1 Å². The van der Waals surface area contributed by atoms with Gasteiger partial charge in [-0.3, -0.25) is 0 Å². The van der Waals surface area contributed by atoms with Crippen LogP contribution >= 0.6 is 0 Å². The second-order valence-corrected chi connectivity index (χ2v) is 18.6. The average Bonchev–Trinajstić information content (AvgIpc) is 3.69. The first-order chi connectivity index (χ1) is 29.5. The highest BCUT2D eigenvalue weighted by Crippen LogP contribution is 2.54. The van der Waals surface area contributed by atoms with Crippen LogP contribution in [0.2, 0.25) is 0 Å². The topological polar surface area (TPSA) is 145 Å². The monoisotopic (exact) mass is 834 g/mol. The summed E-state index contributed by atoms with van der Waals surface area (Å²) in [5.41, 5.74) is 6.72. The Kier molecular flexibility index (Phi) is 10.3. The molecule has 1 unspecified atom stereocenters. The molecule has 4 aliphatic heterocycles. The Morgan fingerprint density at radius 2 is 1.77 bits per heavy atom. The molecule has 0 radical (unpaired) electrons. The van der Waals surface area contributed by atoms with Crippen LogP contribution in [0.25, 0.3) is 32.9 Å². The largest absolute Gasteiger partial charge is 0.486 e. The van der Waals surface area contributed by atoms with Gasteiger partial charge in [-0.1, -0.05) is 39.0 Å². The summed E-state index contributed by atoms with van der Waals surface area (Å²) in [5, 5.41) is 27.1. The van der Waals surface area contributed by atoms with E-state index < -0.39 is 6.09 Å². The second kappa shape index (κ2) is 15.7. The summed E-state index contributed by atoms with van der Waals surface area (Å²) in [7, 11) is 0. The molecule has 3 atom stereocenters. The van der Waals surface area contributed by atoms with Crippen LogP contribution in [0.5, 0.6) is 11.8 Å². The van der Waals surface area contributed by atoms with Gasteiger partial charge in [-0.25, -0.2) is 13.9 Å². The van der Waals surface area contributed by atoms with E-state index in [-0.39, 0.29) is 60.8 Å². The molecule has 2 aromatic heterocycles. The lowest BCUT2D eigenvalue weighted by atomic mass is 9.85. The molecule has 6 heterocycles. The molecule has 3 aromatic carbocycles. The molecule has 5 aliphatic rings. The normalized spacial score (nSPS) is 22.2. The van der Waals surface area contributed by atoms with Gasteiger partial charge < -0.3 is 39.0 Å². The maximum atomic E-state index is 16.6. The Bertz CT molecular complexity index is 2500. The number of rotatable bonds is 10. The third-order valence-electron chi connectivity index (χ3n) is 13.5. The fourth-order valence-electron chi connectivity index (χ4n) is 9.97. The van der Waals surface area contributed by atoms with E-state index in [1.165, 1.54) is 4.90 Å². The molecule has 5 aromatic rings. The first-order valence-corrected chi connectivity index (χ1v) is 22.0. The van der Waals surface area contributed by atoms with E-state index in [2.05, 4.69) is 37.8 Å². The van der Waals surface area contributed by atoms with Crippen molar-refractivity contribution >= 4 is 33.7 Å². The van der Waals surface area contributed by atoms with Crippen molar-refractivity contribution in [2.75, 3.05) is 37.8 Å². The van der Waals surface area contributed by atoms with E-state index in [9.17, 15) is 15.0 Å². The van der Waals surface area contributed by atoms with Crippen molar-refractivity contribution in [2.45, 2.75) is 128 Å². The lowest BCUT2D eigenvalue weighted by Gasteiger charge is -2.34. The highest BCUT2D eigenvalue weighted by Gasteiger charge is 2.47. The van der Waals surface area contributed by atoms with Gasteiger partial charge in [-0.2, -0.15) is 15.1 Å². The summed E-state index contributed by atoms with van der Waals surface area (Å²) in [6.07, 6.45) is 7.24. The molecule has 322 valence electrons. The van der Waals surface area contributed by atoms with Crippen LogP contribution < -0.4 is 14.4 Å². The van der Waals surface area contributed by atoms with Crippen LogP contribution in [0.1, 0.15) is 112 Å². The van der Waals surface area contributed by atoms with Crippen molar-refractivity contribution in [3.8, 4) is 22.9 Å². The summed E-state index contributed by atoms with van der Waals surface area (Å²) in [6.45, 7) is 10.9. The molecule has 14 heteroatoms. The molecule has 2 N–H and O–H groups in total. The number of carboxylic acid groups (broad SMARTS) is 1. The van der Waals surface area contributed by atoms with Gasteiger partial charge in [-0.05, 0) is 90.7 Å². The number of nitrogens with zero attached hydrogens (tertiary/aromatic N) is 6. The number of fused-ring (bicyclic) bond motifs is 4. The molecule has 5 fully saturated rings. The Morgan fingerprint density at radius 1 is 0.951 bits per heavy atom. The molecule has 1 aliphatic carbocycles. The lowest BCUT2D eigenvalue weighted by Crippen LogP contribution is -2.48. The minimum Gasteiger partial charge on any atom is -0.486 e. The van der Waals surface area contributed by atoms with Gasteiger partial charge in [0.2, 0.25) is 0 Å². The minimum absolute atomic E-state index is 0.0741. The maximum Gasteiger partial charge on any atom is 0.407 e. The van der Waals surface area contributed by atoms with Crippen molar-refractivity contribution in [1.82, 2.24) is 24.6 Å². The Hall–Kier alpha value is -5.05. The van der Waals surface area contributed by atoms with Crippen molar-refractivity contribution in [1.29, 1.82) is 0 Å². The zero-order valence-corrected chi connectivity index (χ0v) is 35.5. The molecule has 2 bridgehead atoms. The number of aromatic nitrogens is 4. The van der Waals surface area contributed by atoms with Crippen molar-refractivity contribution < 1.29 is 38.3 Å². The third kappa shape index (κ3) is 7.33. The number of aliphatic hydroxyl groups is 1. The smallest absolute Gasteiger partial charge is 0.407 e. The fraction of sp³-hybridized carbons (Fsp3) is 0.532. The Morgan fingerprint density at radius 3 is 2.46 bits per heavy atom. The van der Waals surface area contributed by atoms with E-state index >= 15 is 4.39 Å². The fourth-order valence-corrected chi connectivity index (χ4v) is 9.97. The summed E-state index contributed by atoms with van der Waals surface area (Å²) < 4.78 is 44.0. The maximum absolute atomic E-state index is 16.6. The van der Waals surface area contributed by atoms with Crippen LogP contribution in [0.4, 0.5) is 15.0 Å². The number of hydrogen-bond acceptors (Lipinski definition) is 10. The highest BCUT2D eigenvalue weighted by atomic mass is 19.1. The number of halogens is 1.